The molecule has 0 radical (unpaired) electrons. The first-order valence-corrected chi connectivity index (χ1v) is 10.8. The zero-order valence-corrected chi connectivity index (χ0v) is 16.5. The Bertz CT molecular complexity index is 970. The van der Waals surface area contributed by atoms with Gasteiger partial charge in [-0.1, -0.05) is 60.7 Å². The van der Waals surface area contributed by atoms with Gasteiger partial charge in [0.2, 0.25) is 0 Å². The minimum Gasteiger partial charge on any atom is -0.336 e. The van der Waals surface area contributed by atoms with Gasteiger partial charge in [-0.3, -0.25) is 4.79 Å². The molecule has 2 aliphatic heterocycles. The molecule has 5 heteroatoms. The summed E-state index contributed by atoms with van der Waals surface area (Å²) in [5.41, 5.74) is 2.86. The van der Waals surface area contributed by atoms with Crippen molar-refractivity contribution in [1.82, 2.24) is 15.2 Å². The first kappa shape index (κ1) is 17.6. The Labute approximate surface area is 169 Å². The second-order valence-corrected chi connectivity index (χ2v) is 8.61. The van der Waals surface area contributed by atoms with Crippen LogP contribution in [0.2, 0.25) is 0 Å². The Morgan fingerprint density at radius 3 is 2.36 bits per heavy atom. The molecule has 3 heterocycles. The van der Waals surface area contributed by atoms with E-state index in [1.165, 1.54) is 17.8 Å². The zero-order chi connectivity index (χ0) is 18.9. The van der Waals surface area contributed by atoms with Gasteiger partial charge in [0.15, 0.2) is 0 Å². The van der Waals surface area contributed by atoms with Gasteiger partial charge >= 0.3 is 0 Å². The van der Waals surface area contributed by atoms with Crippen LogP contribution in [0.5, 0.6) is 0 Å². The highest BCUT2D eigenvalue weighted by molar-refractivity contribution is 7.17. The summed E-state index contributed by atoms with van der Waals surface area (Å²) in [6.07, 6.45) is 3.44. The van der Waals surface area contributed by atoms with E-state index in [9.17, 15) is 4.79 Å². The summed E-state index contributed by atoms with van der Waals surface area (Å²) >= 11 is 1.51. The zero-order valence-electron chi connectivity index (χ0n) is 15.7. The van der Waals surface area contributed by atoms with Gasteiger partial charge in [0, 0.05) is 36.3 Å². The fourth-order valence-electron chi connectivity index (χ4n) is 4.23. The number of benzene rings is 2. The van der Waals surface area contributed by atoms with Crippen LogP contribution in [0.15, 0.2) is 60.7 Å². The highest BCUT2D eigenvalue weighted by atomic mass is 32.1. The number of nitrogens with zero attached hydrogens (tertiary/aromatic N) is 2. The van der Waals surface area contributed by atoms with E-state index in [4.69, 9.17) is 4.98 Å². The van der Waals surface area contributed by atoms with Crippen molar-refractivity contribution in [2.24, 2.45) is 0 Å². The van der Waals surface area contributed by atoms with Crippen molar-refractivity contribution >= 4 is 17.2 Å². The Kier molecular flexibility index (Phi) is 4.71. The molecule has 0 saturated carbocycles. The molecule has 1 amide bonds. The lowest BCUT2D eigenvalue weighted by molar-refractivity contribution is 0.0753. The van der Waals surface area contributed by atoms with Gasteiger partial charge in [0.1, 0.15) is 9.88 Å². The molecule has 2 aromatic carbocycles. The Morgan fingerprint density at radius 2 is 1.61 bits per heavy atom. The molecule has 28 heavy (non-hydrogen) atoms. The molecule has 0 aliphatic carbocycles. The predicted octanol–water partition coefficient (Wildman–Crippen LogP) is 4.44. The molecule has 4 nitrogen and oxygen atoms in total. The summed E-state index contributed by atoms with van der Waals surface area (Å²) in [5.74, 6) is 0.118. The minimum atomic E-state index is 0.118. The van der Waals surface area contributed by atoms with Gasteiger partial charge in [-0.2, -0.15) is 0 Å². The van der Waals surface area contributed by atoms with Crippen molar-refractivity contribution in [3.63, 3.8) is 0 Å². The van der Waals surface area contributed by atoms with E-state index in [1.807, 2.05) is 53.4 Å². The summed E-state index contributed by atoms with van der Waals surface area (Å²) in [4.78, 5) is 21.2. The first-order valence-electron chi connectivity index (χ1n) is 9.95. The Morgan fingerprint density at radius 1 is 0.929 bits per heavy atom. The van der Waals surface area contributed by atoms with Crippen molar-refractivity contribution in [3.05, 3.63) is 65.5 Å². The molecular formula is C23H23N3OS. The average Bonchev–Trinajstić information content (AvgIpc) is 3.32. The van der Waals surface area contributed by atoms with Gasteiger partial charge in [0.05, 0.1) is 5.69 Å². The second kappa shape index (κ2) is 7.49. The molecule has 2 unspecified atom stereocenters. The van der Waals surface area contributed by atoms with Crippen LogP contribution in [0.3, 0.4) is 0 Å². The van der Waals surface area contributed by atoms with Crippen LogP contribution in [-0.4, -0.2) is 41.0 Å². The summed E-state index contributed by atoms with van der Waals surface area (Å²) < 4.78 is 0. The standard InChI is InChI=1S/C23H23N3OS/c27-23(26-14-13-18-11-12-19(15-26)24-18)21-20(16-7-3-1-4-8-16)25-22(28-21)17-9-5-2-6-10-17/h1-10,18-19,24H,11-15H2. The molecule has 1 aromatic heterocycles. The number of likely N-dealkylation sites (tertiary alicyclic amines) is 1. The van der Waals surface area contributed by atoms with Crippen molar-refractivity contribution in [2.45, 2.75) is 31.3 Å². The van der Waals surface area contributed by atoms with E-state index in [1.54, 1.807) is 0 Å². The van der Waals surface area contributed by atoms with Crippen LogP contribution in [0, 0.1) is 0 Å². The number of amides is 1. The van der Waals surface area contributed by atoms with E-state index in [2.05, 4.69) is 17.4 Å². The van der Waals surface area contributed by atoms with Crippen LogP contribution >= 0.6 is 11.3 Å². The maximum absolute atomic E-state index is 13.5. The van der Waals surface area contributed by atoms with E-state index >= 15 is 0 Å². The van der Waals surface area contributed by atoms with Crippen LogP contribution in [-0.2, 0) is 0 Å². The number of hydrogen-bond acceptors (Lipinski definition) is 4. The predicted molar refractivity (Wildman–Crippen MR) is 113 cm³/mol. The maximum atomic E-state index is 13.5. The number of carbonyl (C=O) groups excluding carboxylic acids is 1. The fourth-order valence-corrected chi connectivity index (χ4v) is 5.29. The molecule has 3 aromatic rings. The van der Waals surface area contributed by atoms with Gasteiger partial charge in [-0.25, -0.2) is 4.98 Å². The molecule has 2 saturated heterocycles. The second-order valence-electron chi connectivity index (χ2n) is 7.61. The molecule has 0 spiro atoms. The normalized spacial score (nSPS) is 21.5. The summed E-state index contributed by atoms with van der Waals surface area (Å²) in [5, 5.41) is 4.56. The van der Waals surface area contributed by atoms with Crippen LogP contribution < -0.4 is 5.32 Å². The molecule has 2 bridgehead atoms. The third-order valence-electron chi connectivity index (χ3n) is 5.70. The number of nitrogens with one attached hydrogen (secondary N) is 1. The number of hydrogen-bond donors (Lipinski definition) is 1. The van der Waals surface area contributed by atoms with Gasteiger partial charge < -0.3 is 10.2 Å². The molecule has 2 aliphatic rings. The quantitative estimate of drug-likeness (QED) is 0.720. The van der Waals surface area contributed by atoms with Crippen molar-refractivity contribution < 1.29 is 4.79 Å². The number of thiazole rings is 1. The maximum Gasteiger partial charge on any atom is 0.266 e. The SMILES string of the molecule is O=C(c1sc(-c2ccccc2)nc1-c1ccccc1)N1CCC2CCC(C1)N2. The highest BCUT2D eigenvalue weighted by Gasteiger charge is 2.33. The van der Waals surface area contributed by atoms with Gasteiger partial charge in [-0.05, 0) is 19.3 Å². The van der Waals surface area contributed by atoms with Gasteiger partial charge in [-0.15, -0.1) is 11.3 Å². The number of rotatable bonds is 3. The third kappa shape index (κ3) is 3.36. The Hall–Kier alpha value is -2.50. The van der Waals surface area contributed by atoms with Crippen molar-refractivity contribution in [2.75, 3.05) is 13.1 Å². The van der Waals surface area contributed by atoms with E-state index in [-0.39, 0.29) is 5.91 Å². The fraction of sp³-hybridized carbons (Fsp3) is 0.304. The molecule has 5 rings (SSSR count). The van der Waals surface area contributed by atoms with E-state index in [0.717, 1.165) is 52.6 Å². The average molecular weight is 390 g/mol. The van der Waals surface area contributed by atoms with E-state index in [0.29, 0.717) is 12.1 Å². The van der Waals surface area contributed by atoms with Crippen LogP contribution in [0.4, 0.5) is 0 Å². The summed E-state index contributed by atoms with van der Waals surface area (Å²) in [7, 11) is 0. The molecular weight excluding hydrogens is 366 g/mol. The lowest BCUT2D eigenvalue weighted by atomic mass is 10.1. The van der Waals surface area contributed by atoms with Crippen LogP contribution in [0.1, 0.15) is 28.9 Å². The Balaban J connectivity index is 1.53. The third-order valence-corrected chi connectivity index (χ3v) is 6.79. The minimum absolute atomic E-state index is 0.118. The summed E-state index contributed by atoms with van der Waals surface area (Å²) in [6, 6.07) is 21.2. The van der Waals surface area contributed by atoms with Gasteiger partial charge in [0.25, 0.3) is 5.91 Å². The largest absolute Gasteiger partial charge is 0.336 e. The first-order chi connectivity index (χ1) is 13.8. The smallest absolute Gasteiger partial charge is 0.266 e. The molecule has 142 valence electrons. The van der Waals surface area contributed by atoms with Crippen LogP contribution in [0.25, 0.3) is 21.8 Å². The monoisotopic (exact) mass is 389 g/mol. The molecule has 2 fully saturated rings. The number of aromatic nitrogens is 1. The lowest BCUT2D eigenvalue weighted by Gasteiger charge is -2.24. The topological polar surface area (TPSA) is 45.2 Å². The molecule has 1 N–H and O–H groups in total. The highest BCUT2D eigenvalue weighted by Crippen LogP contribution is 2.35. The van der Waals surface area contributed by atoms with Crippen molar-refractivity contribution in [3.8, 4) is 21.8 Å². The number of carbonyl (C=O) groups is 1. The lowest BCUT2D eigenvalue weighted by Crippen LogP contribution is -2.38. The van der Waals surface area contributed by atoms with Crippen molar-refractivity contribution in [1.29, 1.82) is 0 Å². The van der Waals surface area contributed by atoms with E-state index < -0.39 is 0 Å². The molecule has 2 atom stereocenters. The number of fused-ring (bicyclic) bond motifs is 2. The summed E-state index contributed by atoms with van der Waals surface area (Å²) in [6.45, 7) is 1.61.